The fraction of sp³-hybridized carbons (Fsp3) is 0.471. The number of hydrogen-bond acceptors (Lipinski definition) is 4. The lowest BCUT2D eigenvalue weighted by Gasteiger charge is -2.27. The third kappa shape index (κ3) is 3.01. The van der Waals surface area contributed by atoms with E-state index in [4.69, 9.17) is 4.74 Å². The lowest BCUT2D eigenvalue weighted by atomic mass is 10.1. The number of likely N-dealkylation sites (N-methyl/N-ethyl adjacent to an activating group) is 1. The van der Waals surface area contributed by atoms with Crippen LogP contribution in [0.25, 0.3) is 10.9 Å². The minimum atomic E-state index is -0.0324. The molecule has 1 fully saturated rings. The molecule has 1 aromatic carbocycles. The molecular formula is C17H22N2O2. The van der Waals surface area contributed by atoms with E-state index in [2.05, 4.69) is 22.9 Å². The number of nitrogens with zero attached hydrogens (tertiary/aromatic N) is 2. The molecule has 0 spiro atoms. The third-order valence-electron chi connectivity index (χ3n) is 4.08. The zero-order valence-electron chi connectivity index (χ0n) is 12.5. The van der Waals surface area contributed by atoms with Gasteiger partial charge >= 0.3 is 0 Å². The molecule has 0 bridgehead atoms. The van der Waals surface area contributed by atoms with Crippen molar-refractivity contribution >= 4 is 16.6 Å². The molecule has 1 unspecified atom stereocenters. The lowest BCUT2D eigenvalue weighted by molar-refractivity contribution is 0.116. The van der Waals surface area contributed by atoms with Crippen LogP contribution in [0.3, 0.4) is 0 Å². The number of aromatic nitrogens is 1. The van der Waals surface area contributed by atoms with Crippen LogP contribution in [0.4, 0.5) is 5.69 Å². The van der Waals surface area contributed by atoms with Gasteiger partial charge in [-0.25, -0.2) is 0 Å². The summed E-state index contributed by atoms with van der Waals surface area (Å²) >= 11 is 0. The van der Waals surface area contributed by atoms with Gasteiger partial charge in [0.05, 0.1) is 23.9 Å². The van der Waals surface area contributed by atoms with Gasteiger partial charge in [0.15, 0.2) is 0 Å². The topological polar surface area (TPSA) is 45.6 Å². The maximum atomic E-state index is 9.45. The van der Waals surface area contributed by atoms with E-state index < -0.39 is 0 Å². The zero-order chi connectivity index (χ0) is 14.7. The molecule has 1 aromatic heterocycles. The Hall–Kier alpha value is -1.65. The highest BCUT2D eigenvalue weighted by Gasteiger charge is 2.20. The minimum absolute atomic E-state index is 0.0324. The molecule has 3 rings (SSSR count). The molecule has 2 aromatic rings. The summed E-state index contributed by atoms with van der Waals surface area (Å²) in [5.74, 6) is 0. The van der Waals surface area contributed by atoms with Gasteiger partial charge in [-0.2, -0.15) is 0 Å². The van der Waals surface area contributed by atoms with Crippen LogP contribution in [0.1, 0.15) is 25.5 Å². The number of aliphatic hydroxyl groups excluding tert-OH is 1. The van der Waals surface area contributed by atoms with Gasteiger partial charge in [-0.05, 0) is 31.9 Å². The molecule has 21 heavy (non-hydrogen) atoms. The highest BCUT2D eigenvalue weighted by Crippen LogP contribution is 2.28. The van der Waals surface area contributed by atoms with Crippen LogP contribution >= 0.6 is 0 Å². The van der Waals surface area contributed by atoms with Crippen LogP contribution in [-0.4, -0.2) is 35.9 Å². The monoisotopic (exact) mass is 286 g/mol. The maximum Gasteiger partial charge on any atom is 0.0854 e. The second-order valence-corrected chi connectivity index (χ2v) is 5.48. The smallest absolute Gasteiger partial charge is 0.0854 e. The molecular weight excluding hydrogens is 264 g/mol. The Balaban J connectivity index is 1.99. The van der Waals surface area contributed by atoms with Crippen molar-refractivity contribution in [2.45, 2.75) is 32.5 Å². The van der Waals surface area contributed by atoms with Crippen molar-refractivity contribution in [2.75, 3.05) is 24.6 Å². The number of fused-ring (bicyclic) bond motifs is 1. The van der Waals surface area contributed by atoms with E-state index in [9.17, 15) is 5.11 Å². The standard InChI is InChI=1S/C17H22N2O2/c1-2-19(11-14-6-5-9-21-14)17-10-13(12-20)18-16-8-4-3-7-15(16)17/h3-4,7-8,10,14,20H,2,5-6,9,11-12H2,1H3. The Morgan fingerprint density at radius 2 is 2.24 bits per heavy atom. The Bertz CT molecular complexity index is 609. The van der Waals surface area contributed by atoms with E-state index in [-0.39, 0.29) is 6.61 Å². The Kier molecular flexibility index (Phi) is 4.36. The van der Waals surface area contributed by atoms with Crippen LogP contribution < -0.4 is 4.90 Å². The van der Waals surface area contributed by atoms with Gasteiger partial charge in [0.2, 0.25) is 0 Å². The summed E-state index contributed by atoms with van der Waals surface area (Å²) < 4.78 is 5.77. The second-order valence-electron chi connectivity index (χ2n) is 5.48. The number of pyridine rings is 1. The van der Waals surface area contributed by atoms with Crippen molar-refractivity contribution in [1.82, 2.24) is 4.98 Å². The first kappa shape index (κ1) is 14.3. The van der Waals surface area contributed by atoms with Crippen LogP contribution in [0, 0.1) is 0 Å². The van der Waals surface area contributed by atoms with Crippen molar-refractivity contribution in [3.8, 4) is 0 Å². The number of rotatable bonds is 5. The van der Waals surface area contributed by atoms with Crippen LogP contribution in [0.2, 0.25) is 0 Å². The summed E-state index contributed by atoms with van der Waals surface area (Å²) in [5.41, 5.74) is 2.79. The van der Waals surface area contributed by atoms with Gasteiger partial charge in [0.1, 0.15) is 0 Å². The summed E-state index contributed by atoms with van der Waals surface area (Å²) in [6.45, 7) is 4.81. The molecule has 2 heterocycles. The molecule has 1 N–H and O–H groups in total. The van der Waals surface area contributed by atoms with E-state index in [1.54, 1.807) is 0 Å². The summed E-state index contributed by atoms with van der Waals surface area (Å²) in [5, 5.41) is 10.6. The molecule has 4 nitrogen and oxygen atoms in total. The summed E-state index contributed by atoms with van der Waals surface area (Å²) in [6, 6.07) is 10.1. The van der Waals surface area contributed by atoms with Gasteiger partial charge in [-0.1, -0.05) is 18.2 Å². The van der Waals surface area contributed by atoms with Crippen LogP contribution in [0.15, 0.2) is 30.3 Å². The van der Waals surface area contributed by atoms with E-state index in [0.29, 0.717) is 6.10 Å². The van der Waals surface area contributed by atoms with Crippen molar-refractivity contribution in [3.63, 3.8) is 0 Å². The Labute approximate surface area is 125 Å². The molecule has 4 heteroatoms. The predicted molar refractivity (Wildman–Crippen MR) is 84.5 cm³/mol. The SMILES string of the molecule is CCN(CC1CCCO1)c1cc(CO)nc2ccccc12. The van der Waals surface area contributed by atoms with Crippen LogP contribution in [-0.2, 0) is 11.3 Å². The fourth-order valence-corrected chi connectivity index (χ4v) is 2.98. The normalized spacial score (nSPS) is 18.3. The molecule has 112 valence electrons. The molecule has 1 atom stereocenters. The van der Waals surface area contributed by atoms with Gasteiger partial charge in [-0.3, -0.25) is 4.98 Å². The highest BCUT2D eigenvalue weighted by atomic mass is 16.5. The first-order chi connectivity index (χ1) is 10.3. The first-order valence-electron chi connectivity index (χ1n) is 7.68. The van der Waals surface area contributed by atoms with Gasteiger partial charge in [-0.15, -0.1) is 0 Å². The average Bonchev–Trinajstić information content (AvgIpc) is 3.04. The van der Waals surface area contributed by atoms with Gasteiger partial charge < -0.3 is 14.7 Å². The predicted octanol–water partition coefficient (Wildman–Crippen LogP) is 2.73. The molecule has 1 saturated heterocycles. The molecule has 1 aliphatic rings. The van der Waals surface area contributed by atoms with E-state index in [1.165, 1.54) is 0 Å². The maximum absolute atomic E-state index is 9.45. The number of aliphatic hydroxyl groups is 1. The fourth-order valence-electron chi connectivity index (χ4n) is 2.98. The number of para-hydroxylation sites is 1. The van der Waals surface area contributed by atoms with Crippen molar-refractivity contribution in [3.05, 3.63) is 36.0 Å². The molecule has 0 aliphatic carbocycles. The van der Waals surface area contributed by atoms with Crippen molar-refractivity contribution in [1.29, 1.82) is 0 Å². The molecule has 0 radical (unpaired) electrons. The largest absolute Gasteiger partial charge is 0.390 e. The Morgan fingerprint density at radius 3 is 2.95 bits per heavy atom. The average molecular weight is 286 g/mol. The van der Waals surface area contributed by atoms with E-state index >= 15 is 0 Å². The number of benzene rings is 1. The lowest BCUT2D eigenvalue weighted by Crippen LogP contribution is -2.32. The number of ether oxygens (including phenoxy) is 1. The molecule has 0 saturated carbocycles. The quantitative estimate of drug-likeness (QED) is 0.918. The summed E-state index contributed by atoms with van der Waals surface area (Å²) in [4.78, 5) is 6.83. The third-order valence-corrected chi connectivity index (χ3v) is 4.08. The minimum Gasteiger partial charge on any atom is -0.390 e. The first-order valence-corrected chi connectivity index (χ1v) is 7.68. The zero-order valence-corrected chi connectivity index (χ0v) is 12.5. The molecule has 0 amide bonds. The summed E-state index contributed by atoms with van der Waals surface area (Å²) in [7, 11) is 0. The number of anilines is 1. The highest BCUT2D eigenvalue weighted by molar-refractivity contribution is 5.92. The second kappa shape index (κ2) is 6.41. The molecule has 1 aliphatic heterocycles. The van der Waals surface area contributed by atoms with E-state index in [0.717, 1.165) is 54.8 Å². The number of hydrogen-bond donors (Lipinski definition) is 1. The van der Waals surface area contributed by atoms with Gasteiger partial charge in [0.25, 0.3) is 0 Å². The van der Waals surface area contributed by atoms with Crippen LogP contribution in [0.5, 0.6) is 0 Å². The van der Waals surface area contributed by atoms with Gasteiger partial charge in [0, 0.05) is 30.8 Å². The van der Waals surface area contributed by atoms with E-state index in [1.807, 2.05) is 24.3 Å². The summed E-state index contributed by atoms with van der Waals surface area (Å²) in [6.07, 6.45) is 2.60. The Morgan fingerprint density at radius 1 is 1.38 bits per heavy atom. The van der Waals surface area contributed by atoms with Crippen molar-refractivity contribution in [2.24, 2.45) is 0 Å². The van der Waals surface area contributed by atoms with Crippen molar-refractivity contribution < 1.29 is 9.84 Å².